The van der Waals surface area contributed by atoms with Crippen molar-refractivity contribution < 1.29 is 22.0 Å². The van der Waals surface area contributed by atoms with Crippen molar-refractivity contribution in [1.82, 2.24) is 9.62 Å². The van der Waals surface area contributed by atoms with Crippen LogP contribution in [-0.4, -0.2) is 25.2 Å². The summed E-state index contributed by atoms with van der Waals surface area (Å²) in [6.45, 7) is 0.992. The minimum absolute atomic E-state index is 0.196. The van der Waals surface area contributed by atoms with E-state index in [0.717, 1.165) is 16.4 Å². The van der Waals surface area contributed by atoms with Crippen molar-refractivity contribution in [3.63, 3.8) is 0 Å². The fraction of sp³-hybridized carbons (Fsp3) is 0.190. The summed E-state index contributed by atoms with van der Waals surface area (Å²) in [7, 11) is -4.32. The van der Waals surface area contributed by atoms with Crippen molar-refractivity contribution in [2.45, 2.75) is 24.4 Å². The van der Waals surface area contributed by atoms with Gasteiger partial charge in [-0.2, -0.15) is 4.31 Å². The Morgan fingerprint density at radius 2 is 1.83 bits per heavy atom. The molecule has 158 valence electrons. The van der Waals surface area contributed by atoms with Crippen LogP contribution >= 0.6 is 11.6 Å². The van der Waals surface area contributed by atoms with Gasteiger partial charge in [0.25, 0.3) is 0 Å². The van der Waals surface area contributed by atoms with Crippen molar-refractivity contribution in [1.29, 1.82) is 0 Å². The van der Waals surface area contributed by atoms with Crippen molar-refractivity contribution in [3.05, 3.63) is 89.1 Å². The summed E-state index contributed by atoms with van der Waals surface area (Å²) in [6, 6.07) is 14.6. The van der Waals surface area contributed by atoms with Crippen LogP contribution in [0.15, 0.2) is 76.2 Å². The molecule has 0 spiro atoms. The van der Waals surface area contributed by atoms with E-state index in [4.69, 9.17) is 16.0 Å². The molecule has 0 bridgehead atoms. The number of hydrogen-bond donors (Lipinski definition) is 1. The minimum atomic E-state index is -4.32. The Bertz CT molecular complexity index is 1120. The van der Waals surface area contributed by atoms with E-state index in [2.05, 4.69) is 5.32 Å². The van der Waals surface area contributed by atoms with Gasteiger partial charge in [-0.1, -0.05) is 41.9 Å². The Hall–Kier alpha value is -2.68. The van der Waals surface area contributed by atoms with Crippen LogP contribution in [0, 0.1) is 5.82 Å². The van der Waals surface area contributed by atoms with Crippen LogP contribution in [0.1, 0.15) is 24.3 Å². The maximum Gasteiger partial charge on any atom is 0.246 e. The third-order valence-corrected chi connectivity index (χ3v) is 6.62. The van der Waals surface area contributed by atoms with Gasteiger partial charge >= 0.3 is 0 Å². The van der Waals surface area contributed by atoms with Crippen LogP contribution in [0.5, 0.6) is 0 Å². The molecule has 9 heteroatoms. The lowest BCUT2D eigenvalue weighted by atomic mass is 10.2. The Balaban J connectivity index is 1.88. The maximum absolute atomic E-state index is 14.3. The lowest BCUT2D eigenvalue weighted by Crippen LogP contribution is -2.41. The minimum Gasteiger partial charge on any atom is -0.467 e. The highest BCUT2D eigenvalue weighted by molar-refractivity contribution is 7.89. The summed E-state index contributed by atoms with van der Waals surface area (Å²) in [6.07, 6.45) is 1.48. The first kappa shape index (κ1) is 22.0. The number of hydrogen-bond acceptors (Lipinski definition) is 4. The van der Waals surface area contributed by atoms with Gasteiger partial charge in [0.1, 0.15) is 16.5 Å². The standard InChI is InChI=1S/C21H20ClFN2O4S/c1-15(19-10-6-12-29-19)24-21(26)14-25(13-16-7-2-3-8-17(16)22)30(27,28)20-11-5-4-9-18(20)23/h2-12,15H,13-14H2,1H3,(H,24,26). The fourth-order valence-electron chi connectivity index (χ4n) is 2.89. The quantitative estimate of drug-likeness (QED) is 0.559. The molecule has 1 unspecified atom stereocenters. The molecule has 1 amide bonds. The van der Waals surface area contributed by atoms with Crippen molar-refractivity contribution in [3.8, 4) is 0 Å². The van der Waals surface area contributed by atoms with Crippen molar-refractivity contribution in [2.75, 3.05) is 6.54 Å². The van der Waals surface area contributed by atoms with Gasteiger partial charge in [-0.25, -0.2) is 12.8 Å². The molecule has 0 saturated carbocycles. The number of rotatable bonds is 8. The van der Waals surface area contributed by atoms with Crippen LogP contribution in [-0.2, 0) is 21.4 Å². The summed E-state index contributed by atoms with van der Waals surface area (Å²) >= 11 is 6.18. The molecule has 1 aromatic heterocycles. The predicted octanol–water partition coefficient (Wildman–Crippen LogP) is 4.14. The highest BCUT2D eigenvalue weighted by atomic mass is 35.5. The Kier molecular flexibility index (Phi) is 6.91. The number of amides is 1. The molecular formula is C21H20ClFN2O4S. The van der Waals surface area contributed by atoms with Gasteiger partial charge in [-0.15, -0.1) is 0 Å². The molecule has 6 nitrogen and oxygen atoms in total. The summed E-state index contributed by atoms with van der Waals surface area (Å²) in [4.78, 5) is 12.1. The second kappa shape index (κ2) is 9.42. The Morgan fingerprint density at radius 3 is 2.50 bits per heavy atom. The molecule has 3 rings (SSSR count). The van der Waals surface area contributed by atoms with Gasteiger partial charge in [0, 0.05) is 11.6 Å². The molecule has 1 N–H and O–H groups in total. The smallest absolute Gasteiger partial charge is 0.246 e. The summed E-state index contributed by atoms with van der Waals surface area (Å²) in [5.41, 5.74) is 0.492. The normalized spacial score (nSPS) is 12.7. The van der Waals surface area contributed by atoms with Gasteiger partial charge in [-0.05, 0) is 42.8 Å². The van der Waals surface area contributed by atoms with Crippen LogP contribution in [0.4, 0.5) is 4.39 Å². The molecule has 0 saturated heterocycles. The third kappa shape index (κ3) is 5.08. The first-order valence-corrected chi connectivity index (χ1v) is 10.9. The Morgan fingerprint density at radius 1 is 1.13 bits per heavy atom. The van der Waals surface area contributed by atoms with Gasteiger partial charge in [0.05, 0.1) is 18.8 Å². The second-order valence-corrected chi connectivity index (χ2v) is 8.91. The third-order valence-electron chi connectivity index (χ3n) is 4.43. The van der Waals surface area contributed by atoms with Crippen LogP contribution in [0.3, 0.4) is 0 Å². The number of carbonyl (C=O) groups is 1. The van der Waals surface area contributed by atoms with E-state index in [0.29, 0.717) is 16.3 Å². The maximum atomic E-state index is 14.3. The molecule has 0 radical (unpaired) electrons. The second-order valence-electron chi connectivity index (χ2n) is 6.60. The zero-order valence-electron chi connectivity index (χ0n) is 16.1. The van der Waals surface area contributed by atoms with Crippen LogP contribution in [0.25, 0.3) is 0 Å². The van der Waals surface area contributed by atoms with E-state index in [9.17, 15) is 17.6 Å². The fourth-order valence-corrected chi connectivity index (χ4v) is 4.53. The topological polar surface area (TPSA) is 79.6 Å². The van der Waals surface area contributed by atoms with Gasteiger partial charge < -0.3 is 9.73 Å². The monoisotopic (exact) mass is 450 g/mol. The molecule has 0 aliphatic heterocycles. The average molecular weight is 451 g/mol. The molecule has 1 heterocycles. The highest BCUT2D eigenvalue weighted by Gasteiger charge is 2.30. The van der Waals surface area contributed by atoms with E-state index in [1.807, 2.05) is 0 Å². The molecule has 0 fully saturated rings. The zero-order chi connectivity index (χ0) is 21.7. The molecule has 2 aromatic carbocycles. The van der Waals surface area contributed by atoms with E-state index in [1.165, 1.54) is 18.4 Å². The number of nitrogens with one attached hydrogen (secondary N) is 1. The van der Waals surface area contributed by atoms with E-state index in [-0.39, 0.29) is 6.54 Å². The van der Waals surface area contributed by atoms with Gasteiger partial charge in [0.2, 0.25) is 15.9 Å². The lowest BCUT2D eigenvalue weighted by Gasteiger charge is -2.23. The SMILES string of the molecule is CC(NC(=O)CN(Cc1ccccc1Cl)S(=O)(=O)c1ccccc1F)c1ccco1. The first-order valence-electron chi connectivity index (χ1n) is 9.10. The molecule has 3 aromatic rings. The molecule has 0 aliphatic rings. The van der Waals surface area contributed by atoms with E-state index >= 15 is 0 Å². The number of nitrogens with zero attached hydrogens (tertiary/aromatic N) is 1. The molecule has 30 heavy (non-hydrogen) atoms. The van der Waals surface area contributed by atoms with Crippen molar-refractivity contribution >= 4 is 27.5 Å². The number of benzene rings is 2. The number of halogens is 2. The summed E-state index contributed by atoms with van der Waals surface area (Å²) < 4.78 is 46.7. The van der Waals surface area contributed by atoms with Crippen LogP contribution < -0.4 is 5.32 Å². The van der Waals surface area contributed by atoms with Gasteiger partial charge in [-0.3, -0.25) is 4.79 Å². The highest BCUT2D eigenvalue weighted by Crippen LogP contribution is 2.24. The van der Waals surface area contributed by atoms with E-state index in [1.54, 1.807) is 43.3 Å². The largest absolute Gasteiger partial charge is 0.467 e. The number of furan rings is 1. The summed E-state index contributed by atoms with van der Waals surface area (Å²) in [5.74, 6) is -0.935. The Labute approximate surface area is 179 Å². The first-order chi connectivity index (χ1) is 14.3. The van der Waals surface area contributed by atoms with Crippen molar-refractivity contribution in [2.24, 2.45) is 0 Å². The van der Waals surface area contributed by atoms with E-state index < -0.39 is 39.2 Å². The number of carbonyl (C=O) groups excluding carboxylic acids is 1. The van der Waals surface area contributed by atoms with Crippen LogP contribution in [0.2, 0.25) is 5.02 Å². The molecular weight excluding hydrogens is 431 g/mol. The average Bonchev–Trinajstić information content (AvgIpc) is 3.24. The van der Waals surface area contributed by atoms with Gasteiger partial charge in [0.15, 0.2) is 0 Å². The zero-order valence-corrected chi connectivity index (χ0v) is 17.7. The molecule has 0 aliphatic carbocycles. The predicted molar refractivity (Wildman–Crippen MR) is 111 cm³/mol. The number of sulfonamides is 1. The lowest BCUT2D eigenvalue weighted by molar-refractivity contribution is -0.122. The molecule has 1 atom stereocenters. The summed E-state index contributed by atoms with van der Waals surface area (Å²) in [5, 5.41) is 3.03.